The number of aliphatic hydroxyl groups excluding tert-OH is 1. The molecule has 3 unspecified atom stereocenters. The molecule has 72 valence electrons. The molecule has 2 nitrogen and oxygen atoms in total. The maximum atomic E-state index is 9.86. The molecule has 0 aromatic heterocycles. The number of hydrogen-bond donors (Lipinski definition) is 1. The predicted molar refractivity (Wildman–Crippen MR) is 53.6 cm³/mol. The Bertz CT molecular complexity index is 368. The van der Waals surface area contributed by atoms with Crippen LogP contribution in [0.15, 0.2) is 24.3 Å². The molecule has 1 aliphatic rings. The molecule has 0 saturated heterocycles. The number of rotatable bonds is 2. The average Bonchev–Trinajstić information content (AvgIpc) is 2.97. The summed E-state index contributed by atoms with van der Waals surface area (Å²) in [7, 11) is 0. The van der Waals surface area contributed by atoms with Crippen molar-refractivity contribution in [3.05, 3.63) is 34.9 Å². The Morgan fingerprint density at radius 1 is 1.43 bits per heavy atom. The summed E-state index contributed by atoms with van der Waals surface area (Å²) in [5, 5.41) is 19.2. The maximum Gasteiger partial charge on any atom is 0.0831 e. The number of nitrogens with zero attached hydrogens (tertiary/aromatic N) is 1. The summed E-state index contributed by atoms with van der Waals surface area (Å²) >= 11 is 5.73. The van der Waals surface area contributed by atoms with Gasteiger partial charge in [0.15, 0.2) is 0 Å². The van der Waals surface area contributed by atoms with Gasteiger partial charge in [0.05, 0.1) is 18.1 Å². The fraction of sp³-hybridized carbons (Fsp3) is 0.364. The Labute approximate surface area is 87.7 Å². The van der Waals surface area contributed by atoms with Crippen LogP contribution in [0.3, 0.4) is 0 Å². The Balaban J connectivity index is 2.09. The number of benzene rings is 1. The smallest absolute Gasteiger partial charge is 0.0831 e. The van der Waals surface area contributed by atoms with Gasteiger partial charge in [0.25, 0.3) is 0 Å². The van der Waals surface area contributed by atoms with E-state index in [1.807, 2.05) is 0 Å². The van der Waals surface area contributed by atoms with Crippen molar-refractivity contribution in [2.75, 3.05) is 0 Å². The second-order valence-corrected chi connectivity index (χ2v) is 4.07. The predicted octanol–water partition coefficient (Wildman–Crippen LogP) is 2.53. The van der Waals surface area contributed by atoms with Crippen molar-refractivity contribution in [3.63, 3.8) is 0 Å². The van der Waals surface area contributed by atoms with Crippen molar-refractivity contribution in [2.45, 2.75) is 12.5 Å². The fourth-order valence-corrected chi connectivity index (χ4v) is 1.75. The summed E-state index contributed by atoms with van der Waals surface area (Å²) in [6.07, 6.45) is 0.289. The average molecular weight is 208 g/mol. The van der Waals surface area contributed by atoms with Gasteiger partial charge in [0.2, 0.25) is 0 Å². The highest BCUT2D eigenvalue weighted by molar-refractivity contribution is 6.30. The fourth-order valence-electron chi connectivity index (χ4n) is 1.62. The topological polar surface area (TPSA) is 44.0 Å². The van der Waals surface area contributed by atoms with Crippen LogP contribution in [0.4, 0.5) is 0 Å². The van der Waals surface area contributed by atoms with Crippen LogP contribution in [0.5, 0.6) is 0 Å². The maximum absolute atomic E-state index is 9.86. The van der Waals surface area contributed by atoms with Crippen molar-refractivity contribution in [1.82, 2.24) is 0 Å². The molecule has 0 amide bonds. The molecule has 1 saturated carbocycles. The van der Waals surface area contributed by atoms with E-state index in [0.717, 1.165) is 12.0 Å². The van der Waals surface area contributed by atoms with Gasteiger partial charge in [-0.25, -0.2) is 0 Å². The third-order valence-corrected chi connectivity index (χ3v) is 2.87. The van der Waals surface area contributed by atoms with E-state index in [4.69, 9.17) is 16.9 Å². The molecule has 1 aromatic rings. The monoisotopic (exact) mass is 207 g/mol. The van der Waals surface area contributed by atoms with Crippen molar-refractivity contribution < 1.29 is 5.11 Å². The van der Waals surface area contributed by atoms with Crippen molar-refractivity contribution in [3.8, 4) is 6.07 Å². The third kappa shape index (κ3) is 1.75. The summed E-state index contributed by atoms with van der Waals surface area (Å²) in [5.74, 6) is 0.141. The molecule has 0 radical (unpaired) electrons. The minimum absolute atomic E-state index is 0.0284. The van der Waals surface area contributed by atoms with Crippen LogP contribution in [0.1, 0.15) is 18.1 Å². The molecular weight excluding hydrogens is 198 g/mol. The van der Waals surface area contributed by atoms with E-state index in [2.05, 4.69) is 6.07 Å². The van der Waals surface area contributed by atoms with Gasteiger partial charge in [-0.05, 0) is 24.1 Å². The second-order valence-electron chi connectivity index (χ2n) is 3.63. The summed E-state index contributed by atoms with van der Waals surface area (Å²) < 4.78 is 0. The van der Waals surface area contributed by atoms with Crippen LogP contribution < -0.4 is 0 Å². The minimum atomic E-state index is -0.517. The van der Waals surface area contributed by atoms with Gasteiger partial charge in [0, 0.05) is 10.9 Å². The van der Waals surface area contributed by atoms with Gasteiger partial charge < -0.3 is 5.11 Å². The summed E-state index contributed by atoms with van der Waals surface area (Å²) in [6.45, 7) is 0. The van der Waals surface area contributed by atoms with E-state index in [1.54, 1.807) is 24.3 Å². The molecule has 0 aliphatic heterocycles. The SMILES string of the molecule is N#CC1CC1C(O)c1ccc(Cl)cc1. The minimum Gasteiger partial charge on any atom is -0.388 e. The highest BCUT2D eigenvalue weighted by atomic mass is 35.5. The van der Waals surface area contributed by atoms with Gasteiger partial charge in [-0.3, -0.25) is 0 Å². The molecule has 3 heteroatoms. The molecule has 1 aliphatic carbocycles. The molecule has 1 N–H and O–H groups in total. The molecule has 0 bridgehead atoms. The number of nitriles is 1. The number of hydrogen-bond acceptors (Lipinski definition) is 2. The zero-order valence-electron chi connectivity index (χ0n) is 7.52. The molecule has 0 spiro atoms. The van der Waals surface area contributed by atoms with E-state index in [9.17, 15) is 5.11 Å². The van der Waals surface area contributed by atoms with Crippen molar-refractivity contribution in [1.29, 1.82) is 5.26 Å². The van der Waals surface area contributed by atoms with Crippen LogP contribution >= 0.6 is 11.6 Å². The highest BCUT2D eigenvalue weighted by Crippen LogP contribution is 2.46. The van der Waals surface area contributed by atoms with Gasteiger partial charge >= 0.3 is 0 Å². The molecule has 2 rings (SSSR count). The zero-order chi connectivity index (χ0) is 10.1. The van der Waals surface area contributed by atoms with Crippen LogP contribution in [0, 0.1) is 23.2 Å². The first-order valence-corrected chi connectivity index (χ1v) is 4.93. The van der Waals surface area contributed by atoms with Gasteiger partial charge in [-0.2, -0.15) is 5.26 Å². The van der Waals surface area contributed by atoms with Crippen molar-refractivity contribution >= 4 is 11.6 Å². The largest absolute Gasteiger partial charge is 0.388 e. The first kappa shape index (κ1) is 9.51. The quantitative estimate of drug-likeness (QED) is 0.810. The Kier molecular flexibility index (Phi) is 2.45. The molecular formula is C11H10ClNO. The lowest BCUT2D eigenvalue weighted by Crippen LogP contribution is -2.00. The van der Waals surface area contributed by atoms with Gasteiger partial charge in [-0.15, -0.1) is 0 Å². The molecule has 1 aromatic carbocycles. The Hall–Kier alpha value is -1.04. The highest BCUT2D eigenvalue weighted by Gasteiger charge is 2.43. The molecule has 3 atom stereocenters. The lowest BCUT2D eigenvalue weighted by molar-refractivity contribution is 0.150. The van der Waals surface area contributed by atoms with Crippen LogP contribution in [0.25, 0.3) is 0 Å². The summed E-state index contributed by atoms with van der Waals surface area (Å²) in [5.41, 5.74) is 0.845. The third-order valence-electron chi connectivity index (χ3n) is 2.62. The lowest BCUT2D eigenvalue weighted by atomic mass is 10.0. The molecule has 1 fully saturated rings. The van der Waals surface area contributed by atoms with Gasteiger partial charge in [-0.1, -0.05) is 23.7 Å². The zero-order valence-corrected chi connectivity index (χ0v) is 8.28. The second kappa shape index (κ2) is 3.61. The normalized spacial score (nSPS) is 26.6. The van der Waals surface area contributed by atoms with Gasteiger partial charge in [0.1, 0.15) is 0 Å². The molecule has 14 heavy (non-hydrogen) atoms. The number of halogens is 1. The molecule has 0 heterocycles. The lowest BCUT2D eigenvalue weighted by Gasteiger charge is -2.09. The summed E-state index contributed by atoms with van der Waals surface area (Å²) in [4.78, 5) is 0. The van der Waals surface area contributed by atoms with E-state index < -0.39 is 6.10 Å². The van der Waals surface area contributed by atoms with Crippen LogP contribution in [0.2, 0.25) is 5.02 Å². The van der Waals surface area contributed by atoms with Crippen LogP contribution in [-0.2, 0) is 0 Å². The van der Waals surface area contributed by atoms with E-state index >= 15 is 0 Å². The summed E-state index contributed by atoms with van der Waals surface area (Å²) in [6, 6.07) is 9.28. The Morgan fingerprint density at radius 2 is 2.07 bits per heavy atom. The van der Waals surface area contributed by atoms with Crippen molar-refractivity contribution in [2.24, 2.45) is 11.8 Å². The first-order valence-electron chi connectivity index (χ1n) is 4.55. The standard InChI is InChI=1S/C11H10ClNO/c12-9-3-1-7(2-4-9)11(14)10-5-8(10)6-13/h1-4,8,10-11,14H,5H2. The van der Waals surface area contributed by atoms with Crippen LogP contribution in [-0.4, -0.2) is 5.11 Å². The first-order chi connectivity index (χ1) is 6.72. The number of aliphatic hydroxyl groups is 1. The Morgan fingerprint density at radius 3 is 2.57 bits per heavy atom. The van der Waals surface area contributed by atoms with E-state index in [-0.39, 0.29) is 11.8 Å². The van der Waals surface area contributed by atoms with E-state index in [0.29, 0.717) is 5.02 Å². The van der Waals surface area contributed by atoms with E-state index in [1.165, 1.54) is 0 Å².